The molecule has 2 aliphatic heterocycles. The molecule has 1 aromatic rings. The SMILES string of the molecule is COC1(O)C=C2CC(C)(C)NC(c3ccc(O)cc3)=C2C2=C1OC(C)(C)C2. The van der Waals surface area contributed by atoms with Crippen molar-refractivity contribution in [2.45, 2.75) is 57.5 Å². The minimum Gasteiger partial charge on any atom is -0.508 e. The summed E-state index contributed by atoms with van der Waals surface area (Å²) in [5, 5.41) is 24.5. The molecule has 144 valence electrons. The Morgan fingerprint density at radius 2 is 1.74 bits per heavy atom. The van der Waals surface area contributed by atoms with Crippen LogP contribution in [0.2, 0.25) is 0 Å². The first-order valence-electron chi connectivity index (χ1n) is 9.28. The average molecular weight is 369 g/mol. The zero-order valence-electron chi connectivity index (χ0n) is 16.5. The summed E-state index contributed by atoms with van der Waals surface area (Å²) in [6.45, 7) is 8.30. The summed E-state index contributed by atoms with van der Waals surface area (Å²) in [5.41, 5.74) is 4.47. The molecule has 0 spiro atoms. The molecule has 0 saturated heterocycles. The summed E-state index contributed by atoms with van der Waals surface area (Å²) >= 11 is 0. The highest BCUT2D eigenvalue weighted by atomic mass is 16.6. The predicted octanol–water partition coefficient (Wildman–Crippen LogP) is 3.60. The number of allylic oxidation sites excluding steroid dienone is 1. The Morgan fingerprint density at radius 3 is 2.37 bits per heavy atom. The number of nitrogens with one attached hydrogen (secondary N) is 1. The van der Waals surface area contributed by atoms with Gasteiger partial charge in [0.25, 0.3) is 0 Å². The number of hydrogen-bond donors (Lipinski definition) is 3. The summed E-state index contributed by atoms with van der Waals surface area (Å²) in [6.07, 6.45) is 3.22. The quantitative estimate of drug-likeness (QED) is 0.695. The maximum atomic E-state index is 11.1. The lowest BCUT2D eigenvalue weighted by molar-refractivity contribution is -0.157. The number of phenols is 1. The molecule has 3 aliphatic rings. The van der Waals surface area contributed by atoms with Gasteiger partial charge in [-0.15, -0.1) is 0 Å². The topological polar surface area (TPSA) is 71.0 Å². The van der Waals surface area contributed by atoms with E-state index in [1.807, 2.05) is 26.0 Å². The monoisotopic (exact) mass is 369 g/mol. The van der Waals surface area contributed by atoms with Gasteiger partial charge in [0.2, 0.25) is 5.79 Å². The first-order valence-corrected chi connectivity index (χ1v) is 9.28. The molecule has 0 radical (unpaired) electrons. The number of aliphatic hydroxyl groups is 1. The van der Waals surface area contributed by atoms with Crippen molar-refractivity contribution >= 4 is 5.70 Å². The van der Waals surface area contributed by atoms with Crippen LogP contribution in [0, 0.1) is 0 Å². The number of ether oxygens (including phenoxy) is 2. The van der Waals surface area contributed by atoms with Crippen LogP contribution in [0.1, 0.15) is 46.1 Å². The summed E-state index contributed by atoms with van der Waals surface area (Å²) in [6, 6.07) is 7.19. The van der Waals surface area contributed by atoms with Crippen molar-refractivity contribution in [2.75, 3.05) is 7.11 Å². The molecular formula is C22H27NO4. The van der Waals surface area contributed by atoms with Crippen LogP contribution in [-0.2, 0) is 9.47 Å². The lowest BCUT2D eigenvalue weighted by Gasteiger charge is -2.41. The Labute approximate surface area is 160 Å². The Bertz CT molecular complexity index is 889. The molecule has 1 unspecified atom stereocenters. The molecule has 1 aromatic carbocycles. The van der Waals surface area contributed by atoms with Crippen LogP contribution in [0.15, 0.2) is 52.8 Å². The molecule has 0 fully saturated rings. The van der Waals surface area contributed by atoms with E-state index in [-0.39, 0.29) is 11.3 Å². The molecule has 3 N–H and O–H groups in total. The summed E-state index contributed by atoms with van der Waals surface area (Å²) in [4.78, 5) is 0. The van der Waals surface area contributed by atoms with Gasteiger partial charge in [0.1, 0.15) is 11.4 Å². The van der Waals surface area contributed by atoms with E-state index in [1.165, 1.54) is 7.11 Å². The molecule has 0 aromatic heterocycles. The van der Waals surface area contributed by atoms with E-state index in [0.717, 1.165) is 34.4 Å². The van der Waals surface area contributed by atoms with Gasteiger partial charge in [-0.25, -0.2) is 0 Å². The maximum Gasteiger partial charge on any atom is 0.246 e. The van der Waals surface area contributed by atoms with Gasteiger partial charge in [-0.2, -0.15) is 0 Å². The minimum atomic E-state index is -1.55. The molecule has 4 rings (SSSR count). The fraction of sp³-hybridized carbons (Fsp3) is 0.455. The van der Waals surface area contributed by atoms with Crippen LogP contribution in [0.25, 0.3) is 5.70 Å². The van der Waals surface area contributed by atoms with Gasteiger partial charge in [0.05, 0.1) is 0 Å². The average Bonchev–Trinajstić information content (AvgIpc) is 2.90. The normalized spacial score (nSPS) is 28.1. The number of phenolic OH excluding ortho intramolecular Hbond substituents is 1. The van der Waals surface area contributed by atoms with Crippen molar-refractivity contribution in [1.29, 1.82) is 0 Å². The Hall–Kier alpha value is -2.24. The van der Waals surface area contributed by atoms with E-state index in [1.54, 1.807) is 18.2 Å². The Morgan fingerprint density at radius 1 is 1.07 bits per heavy atom. The second-order valence-corrected chi connectivity index (χ2v) is 8.90. The van der Waals surface area contributed by atoms with Crippen LogP contribution in [0.4, 0.5) is 0 Å². The number of aromatic hydroxyl groups is 1. The molecule has 1 atom stereocenters. The molecule has 5 heteroatoms. The largest absolute Gasteiger partial charge is 0.508 e. The van der Waals surface area contributed by atoms with Crippen LogP contribution >= 0.6 is 0 Å². The number of methoxy groups -OCH3 is 1. The van der Waals surface area contributed by atoms with Gasteiger partial charge < -0.3 is 25.0 Å². The van der Waals surface area contributed by atoms with Crippen molar-refractivity contribution in [3.63, 3.8) is 0 Å². The highest BCUT2D eigenvalue weighted by Crippen LogP contribution is 2.52. The van der Waals surface area contributed by atoms with E-state index >= 15 is 0 Å². The van der Waals surface area contributed by atoms with Gasteiger partial charge in [-0.3, -0.25) is 0 Å². The first kappa shape index (κ1) is 18.1. The molecule has 0 amide bonds. The Kier molecular flexibility index (Phi) is 3.78. The predicted molar refractivity (Wildman–Crippen MR) is 104 cm³/mol. The summed E-state index contributed by atoms with van der Waals surface area (Å²) < 4.78 is 11.6. The number of fused-ring (bicyclic) bond motifs is 2. The molecule has 0 bridgehead atoms. The second kappa shape index (κ2) is 5.63. The third-order valence-corrected chi connectivity index (χ3v) is 5.39. The van der Waals surface area contributed by atoms with E-state index in [9.17, 15) is 10.2 Å². The number of hydrogen-bond acceptors (Lipinski definition) is 5. The van der Waals surface area contributed by atoms with Crippen LogP contribution in [-0.4, -0.2) is 34.2 Å². The van der Waals surface area contributed by atoms with Crippen molar-refractivity contribution in [1.82, 2.24) is 5.32 Å². The van der Waals surface area contributed by atoms with Crippen LogP contribution in [0.5, 0.6) is 5.75 Å². The highest BCUT2D eigenvalue weighted by molar-refractivity contribution is 5.80. The fourth-order valence-electron chi connectivity index (χ4n) is 4.31. The zero-order chi connectivity index (χ0) is 19.6. The van der Waals surface area contributed by atoms with Crippen molar-refractivity contribution in [2.24, 2.45) is 0 Å². The zero-order valence-corrected chi connectivity index (χ0v) is 16.5. The lowest BCUT2D eigenvalue weighted by atomic mass is 9.75. The van der Waals surface area contributed by atoms with Crippen LogP contribution < -0.4 is 5.32 Å². The summed E-state index contributed by atoms with van der Waals surface area (Å²) in [7, 11) is 1.50. The molecule has 5 nitrogen and oxygen atoms in total. The van der Waals surface area contributed by atoms with Crippen molar-refractivity contribution in [3.8, 4) is 5.75 Å². The minimum absolute atomic E-state index is 0.190. The molecule has 1 aliphatic carbocycles. The maximum absolute atomic E-state index is 11.1. The molecule has 2 heterocycles. The van der Waals surface area contributed by atoms with Gasteiger partial charge in [-0.1, -0.05) is 0 Å². The smallest absolute Gasteiger partial charge is 0.246 e. The van der Waals surface area contributed by atoms with Crippen LogP contribution in [0.3, 0.4) is 0 Å². The van der Waals surface area contributed by atoms with E-state index in [4.69, 9.17) is 9.47 Å². The lowest BCUT2D eigenvalue weighted by Crippen LogP contribution is -2.45. The third kappa shape index (κ3) is 2.95. The van der Waals surface area contributed by atoms with Gasteiger partial charge in [-0.05, 0) is 75.6 Å². The number of benzene rings is 1. The second-order valence-electron chi connectivity index (χ2n) is 8.90. The van der Waals surface area contributed by atoms with Gasteiger partial charge in [0.15, 0.2) is 5.76 Å². The Balaban J connectivity index is 1.97. The highest BCUT2D eigenvalue weighted by Gasteiger charge is 2.50. The van der Waals surface area contributed by atoms with E-state index < -0.39 is 11.4 Å². The van der Waals surface area contributed by atoms with Crippen molar-refractivity contribution in [3.05, 3.63) is 58.4 Å². The summed E-state index contributed by atoms with van der Waals surface area (Å²) in [5.74, 6) is -0.834. The van der Waals surface area contributed by atoms with Gasteiger partial charge in [0, 0.05) is 35.9 Å². The van der Waals surface area contributed by atoms with Crippen molar-refractivity contribution < 1.29 is 19.7 Å². The van der Waals surface area contributed by atoms with Gasteiger partial charge >= 0.3 is 0 Å². The first-order chi connectivity index (χ1) is 12.5. The molecule has 27 heavy (non-hydrogen) atoms. The van der Waals surface area contributed by atoms with E-state index in [0.29, 0.717) is 12.2 Å². The molecule has 0 saturated carbocycles. The number of rotatable bonds is 2. The van der Waals surface area contributed by atoms with E-state index in [2.05, 4.69) is 19.2 Å². The standard InChI is InChI=1S/C22H27NO4/c1-20(2)10-14-11-22(25,26-5)19-16(12-21(3,4)27-19)17(14)18(23-20)13-6-8-15(24)9-7-13/h6-9,11,23-25H,10,12H2,1-5H3. The molecular weight excluding hydrogens is 342 g/mol. The fourth-order valence-corrected chi connectivity index (χ4v) is 4.31. The third-order valence-electron chi connectivity index (χ3n) is 5.39.